The highest BCUT2D eigenvalue weighted by molar-refractivity contribution is 7.85. The van der Waals surface area contributed by atoms with E-state index >= 15 is 8.78 Å². The van der Waals surface area contributed by atoms with Crippen molar-refractivity contribution in [3.8, 4) is 0 Å². The number of aromatic nitrogens is 3. The fraction of sp³-hybridized carbons (Fsp3) is 0.545. The molecule has 0 saturated carbocycles. The van der Waals surface area contributed by atoms with Gasteiger partial charge in [-0.25, -0.2) is 24.6 Å². The molecule has 5 N–H and O–H groups in total. The molecule has 4 aliphatic rings. The number of nitrogens with one attached hydrogen (secondary N) is 1. The van der Waals surface area contributed by atoms with Gasteiger partial charge in [0.15, 0.2) is 0 Å². The standard InChI is InChI=1S/C33H44F2N8O2S/c1-22-24-5-4-6-26(17-24)33(34,35)25-7-13-41(14-8-25)19-27(36)20-42(37)11-2-3-12-43-31-29(30(40-22)38-21-39-31)18-28(32(43)44)23-9-15-46(45)16-10-23/h4-6,17-18,20-23,25H,2-3,7-16,19,36-37H2,1H3,(H,38,39,40)/b27-20-/t22-,23?,46?/m1/s1. The first-order chi connectivity index (χ1) is 22.1. The largest absolute Gasteiger partial charge is 0.400 e. The SMILES string of the molecule is C[C@H]1Nc2ncnc3c2cc(C2CCS(=O)CC2)c(=O)n3CCCCN(N)/C=C(\N)CN2CCC(CC2)C(F)(F)c2cccc1c2. The minimum Gasteiger partial charge on any atom is -0.400 e. The number of hydrogen-bond donors (Lipinski definition) is 3. The van der Waals surface area contributed by atoms with E-state index in [0.29, 0.717) is 111 Å². The zero-order valence-corrected chi connectivity index (χ0v) is 27.2. The first-order valence-corrected chi connectivity index (χ1v) is 17.8. The predicted molar refractivity (Wildman–Crippen MR) is 178 cm³/mol. The van der Waals surface area contributed by atoms with Gasteiger partial charge in [-0.3, -0.25) is 18.5 Å². The molecule has 0 spiro atoms. The zero-order valence-electron chi connectivity index (χ0n) is 26.3. The number of benzene rings is 1. The highest BCUT2D eigenvalue weighted by Gasteiger charge is 2.43. The summed E-state index contributed by atoms with van der Waals surface area (Å²) in [5, 5.41) is 5.69. The molecule has 0 aliphatic carbocycles. The Kier molecular flexibility index (Phi) is 9.72. The van der Waals surface area contributed by atoms with E-state index in [1.54, 1.807) is 27.9 Å². The number of fused-ring (bicyclic) bond motifs is 9. The van der Waals surface area contributed by atoms with Gasteiger partial charge < -0.3 is 16.1 Å². The third-order valence-electron chi connectivity index (χ3n) is 9.75. The van der Waals surface area contributed by atoms with Crippen LogP contribution in [0.1, 0.15) is 74.1 Å². The molecule has 2 saturated heterocycles. The number of halogens is 2. The number of aryl methyl sites for hydroxylation is 1. The summed E-state index contributed by atoms with van der Waals surface area (Å²) in [6, 6.07) is 8.18. The molecule has 8 bridgehead atoms. The minimum absolute atomic E-state index is 0.00998. The van der Waals surface area contributed by atoms with E-state index in [0.717, 1.165) is 5.56 Å². The Morgan fingerprint density at radius 2 is 1.76 bits per heavy atom. The first kappa shape index (κ1) is 32.5. The number of alkyl halides is 2. The monoisotopic (exact) mass is 654 g/mol. The van der Waals surface area contributed by atoms with E-state index in [1.165, 1.54) is 12.4 Å². The first-order valence-electron chi connectivity index (χ1n) is 16.3. The second kappa shape index (κ2) is 13.7. The normalized spacial score (nSPS) is 28.9. The molecular weight excluding hydrogens is 610 g/mol. The van der Waals surface area contributed by atoms with Crippen LogP contribution in [0.4, 0.5) is 14.6 Å². The van der Waals surface area contributed by atoms with Crippen LogP contribution in [0.3, 0.4) is 0 Å². The van der Waals surface area contributed by atoms with Gasteiger partial charge in [0.2, 0.25) is 0 Å². The highest BCUT2D eigenvalue weighted by atomic mass is 32.2. The van der Waals surface area contributed by atoms with Gasteiger partial charge in [0.25, 0.3) is 11.5 Å². The summed E-state index contributed by atoms with van der Waals surface area (Å²) in [6.45, 7) is 4.43. The number of anilines is 1. The molecule has 248 valence electrons. The van der Waals surface area contributed by atoms with E-state index in [9.17, 15) is 9.00 Å². The number of rotatable bonds is 1. The smallest absolute Gasteiger partial charge is 0.276 e. The number of hydrogen-bond acceptors (Lipinski definition) is 9. The Labute approximate surface area is 270 Å². The Hall–Kier alpha value is -3.42. The Bertz CT molecular complexity index is 1660. The molecule has 1 atom stereocenters. The molecule has 1 aromatic carbocycles. The Morgan fingerprint density at radius 3 is 2.52 bits per heavy atom. The van der Waals surface area contributed by atoms with Crippen molar-refractivity contribution in [3.05, 3.63) is 75.6 Å². The summed E-state index contributed by atoms with van der Waals surface area (Å²) in [5.74, 6) is 4.16. The predicted octanol–water partition coefficient (Wildman–Crippen LogP) is 4.16. The summed E-state index contributed by atoms with van der Waals surface area (Å²) in [4.78, 5) is 25.2. The van der Waals surface area contributed by atoms with Crippen LogP contribution in [0.15, 0.2) is 53.4 Å². The summed E-state index contributed by atoms with van der Waals surface area (Å²) in [7, 11) is -0.862. The third kappa shape index (κ3) is 6.96. The van der Waals surface area contributed by atoms with Crippen molar-refractivity contribution < 1.29 is 13.0 Å². The van der Waals surface area contributed by atoms with E-state index in [4.69, 9.17) is 11.6 Å². The summed E-state index contributed by atoms with van der Waals surface area (Å²) in [6.07, 6.45) is 6.64. The van der Waals surface area contributed by atoms with E-state index in [-0.39, 0.29) is 23.1 Å². The zero-order chi connectivity index (χ0) is 32.4. The average Bonchev–Trinajstić information content (AvgIpc) is 3.04. The van der Waals surface area contributed by atoms with Gasteiger partial charge in [-0.05, 0) is 82.2 Å². The van der Waals surface area contributed by atoms with Gasteiger partial charge in [0.1, 0.15) is 17.8 Å². The quantitative estimate of drug-likeness (QED) is 0.331. The number of hydrazine groups is 1. The van der Waals surface area contributed by atoms with Crippen molar-refractivity contribution in [3.63, 3.8) is 0 Å². The molecule has 0 amide bonds. The van der Waals surface area contributed by atoms with E-state index < -0.39 is 22.6 Å². The van der Waals surface area contributed by atoms with Crippen molar-refractivity contribution >= 4 is 27.7 Å². The molecule has 4 aliphatic heterocycles. The molecule has 0 radical (unpaired) electrons. The van der Waals surface area contributed by atoms with Crippen LogP contribution in [0.2, 0.25) is 0 Å². The van der Waals surface area contributed by atoms with Crippen molar-refractivity contribution in [2.75, 3.05) is 43.0 Å². The maximum absolute atomic E-state index is 15.9. The van der Waals surface area contributed by atoms with Crippen LogP contribution >= 0.6 is 0 Å². The fourth-order valence-electron chi connectivity index (χ4n) is 7.06. The Balaban J connectivity index is 1.40. The molecule has 0 unspecified atom stereocenters. The van der Waals surface area contributed by atoms with Gasteiger partial charge in [-0.15, -0.1) is 0 Å². The van der Waals surface area contributed by atoms with Gasteiger partial charge >= 0.3 is 0 Å². The molecule has 3 aromatic rings. The van der Waals surface area contributed by atoms with Crippen LogP contribution < -0.4 is 22.5 Å². The van der Waals surface area contributed by atoms with Gasteiger partial charge in [0.05, 0.1) is 5.39 Å². The van der Waals surface area contributed by atoms with Crippen LogP contribution in [-0.4, -0.2) is 66.3 Å². The van der Waals surface area contributed by atoms with Crippen LogP contribution in [0.5, 0.6) is 0 Å². The fourth-order valence-corrected chi connectivity index (χ4v) is 8.36. The molecule has 13 heteroatoms. The third-order valence-corrected chi connectivity index (χ3v) is 11.1. The minimum atomic E-state index is -2.98. The molecule has 46 heavy (non-hydrogen) atoms. The summed E-state index contributed by atoms with van der Waals surface area (Å²) < 4.78 is 45.7. The van der Waals surface area contributed by atoms with Crippen LogP contribution in [0, 0.1) is 5.92 Å². The second-order valence-electron chi connectivity index (χ2n) is 13.0. The number of pyridine rings is 1. The number of nitrogens with two attached hydrogens (primary N) is 2. The number of piperidine rings is 1. The Morgan fingerprint density at radius 1 is 1.02 bits per heavy atom. The molecule has 2 fully saturated rings. The van der Waals surface area contributed by atoms with Crippen molar-refractivity contribution in [2.24, 2.45) is 17.5 Å². The van der Waals surface area contributed by atoms with Crippen LogP contribution in [-0.2, 0) is 23.3 Å². The van der Waals surface area contributed by atoms with Gasteiger partial charge in [-0.2, -0.15) is 0 Å². The lowest BCUT2D eigenvalue weighted by Gasteiger charge is -2.36. The van der Waals surface area contributed by atoms with Crippen LogP contribution in [0.25, 0.3) is 11.0 Å². The summed E-state index contributed by atoms with van der Waals surface area (Å²) >= 11 is 0. The van der Waals surface area contributed by atoms with E-state index in [2.05, 4.69) is 20.2 Å². The molecule has 2 aromatic heterocycles. The average molecular weight is 655 g/mol. The topological polar surface area (TPSA) is 135 Å². The van der Waals surface area contributed by atoms with Crippen molar-refractivity contribution in [1.82, 2.24) is 24.4 Å². The number of nitrogens with zero attached hydrogens (tertiary/aromatic N) is 5. The lowest BCUT2D eigenvalue weighted by Crippen LogP contribution is -2.41. The van der Waals surface area contributed by atoms with Gasteiger partial charge in [0, 0.05) is 76.9 Å². The van der Waals surface area contributed by atoms with Gasteiger partial charge in [-0.1, -0.05) is 18.2 Å². The van der Waals surface area contributed by atoms with Crippen molar-refractivity contribution in [2.45, 2.75) is 69.9 Å². The molecule has 10 nitrogen and oxygen atoms in total. The highest BCUT2D eigenvalue weighted by Crippen LogP contribution is 2.42. The maximum atomic E-state index is 15.9. The second-order valence-corrected chi connectivity index (χ2v) is 14.6. The summed E-state index contributed by atoms with van der Waals surface area (Å²) in [5.41, 5.74) is 8.71. The van der Waals surface area contributed by atoms with Crippen molar-refractivity contribution in [1.29, 1.82) is 0 Å². The molecule has 7 rings (SSSR count). The molecule has 6 heterocycles. The lowest BCUT2D eigenvalue weighted by atomic mass is 9.85. The van der Waals surface area contributed by atoms with E-state index in [1.807, 2.05) is 19.1 Å². The molecular formula is C33H44F2N8O2S. The maximum Gasteiger partial charge on any atom is 0.276 e. The lowest BCUT2D eigenvalue weighted by molar-refractivity contribution is -0.0849.